The molecule has 1 aliphatic carbocycles. The lowest BCUT2D eigenvalue weighted by molar-refractivity contribution is -0.153. The van der Waals surface area contributed by atoms with Gasteiger partial charge in [-0.05, 0) is 53.4 Å². The Bertz CT molecular complexity index is 782. The number of aliphatic hydroxyl groups is 1. The molecule has 0 spiro atoms. The van der Waals surface area contributed by atoms with Crippen molar-refractivity contribution >= 4 is 11.8 Å². The monoisotopic (exact) mass is 448 g/mol. The largest absolute Gasteiger partial charge is 0.493 e. The van der Waals surface area contributed by atoms with E-state index in [0.29, 0.717) is 12.8 Å². The fraction of sp³-hybridized carbons (Fsp3) is 0.615. The molecule has 1 aliphatic rings. The van der Waals surface area contributed by atoms with Crippen molar-refractivity contribution in [3.05, 3.63) is 46.5 Å². The summed E-state index contributed by atoms with van der Waals surface area (Å²) in [6.45, 7) is 11.2. The molecule has 0 amide bonds. The molecule has 1 N–H and O–H groups in total. The number of carbonyl (C=O) groups is 2. The van der Waals surface area contributed by atoms with Crippen molar-refractivity contribution in [2.24, 2.45) is 11.8 Å². The Kier molecular flexibility index (Phi) is 11.5. The molecular weight excluding hydrogens is 408 g/mol. The van der Waals surface area contributed by atoms with Crippen LogP contribution in [0.25, 0.3) is 0 Å². The van der Waals surface area contributed by atoms with Crippen LogP contribution in [0.15, 0.2) is 46.5 Å². The van der Waals surface area contributed by atoms with Gasteiger partial charge in [0.1, 0.15) is 0 Å². The van der Waals surface area contributed by atoms with E-state index in [1.807, 2.05) is 33.8 Å². The minimum atomic E-state index is -0.664. The van der Waals surface area contributed by atoms with Crippen LogP contribution in [-0.4, -0.2) is 43.3 Å². The van der Waals surface area contributed by atoms with Gasteiger partial charge in [0, 0.05) is 18.8 Å². The Morgan fingerprint density at radius 3 is 2.25 bits per heavy atom. The average Bonchev–Trinajstić information content (AvgIpc) is 2.68. The van der Waals surface area contributed by atoms with Crippen molar-refractivity contribution in [2.45, 2.75) is 79.4 Å². The third kappa shape index (κ3) is 8.30. The van der Waals surface area contributed by atoms with E-state index in [4.69, 9.17) is 14.2 Å². The number of Topliss-reactive ketones (excluding diaryl/α,β-unsaturated/α-hetero) is 1. The van der Waals surface area contributed by atoms with Crippen LogP contribution < -0.4 is 0 Å². The summed E-state index contributed by atoms with van der Waals surface area (Å²) in [7, 11) is 2.87. The molecule has 0 saturated carbocycles. The molecular formula is C26H40O6. The van der Waals surface area contributed by atoms with Crippen LogP contribution in [-0.2, 0) is 23.8 Å². The molecule has 0 unspecified atom stereocenters. The second kappa shape index (κ2) is 13.3. The third-order valence-corrected chi connectivity index (χ3v) is 5.69. The Morgan fingerprint density at radius 1 is 1.06 bits per heavy atom. The maximum absolute atomic E-state index is 12.8. The van der Waals surface area contributed by atoms with Gasteiger partial charge in [-0.2, -0.15) is 0 Å². The van der Waals surface area contributed by atoms with Crippen LogP contribution in [0, 0.1) is 11.8 Å². The molecule has 0 heterocycles. The first-order valence-corrected chi connectivity index (χ1v) is 11.2. The summed E-state index contributed by atoms with van der Waals surface area (Å²) in [5, 5.41) is 10.0. The van der Waals surface area contributed by atoms with E-state index in [1.165, 1.54) is 26.7 Å². The van der Waals surface area contributed by atoms with Crippen LogP contribution in [0.2, 0.25) is 0 Å². The van der Waals surface area contributed by atoms with Gasteiger partial charge in [0.2, 0.25) is 11.5 Å². The number of ketones is 1. The van der Waals surface area contributed by atoms with E-state index in [2.05, 4.69) is 19.1 Å². The molecule has 0 bridgehead atoms. The topological polar surface area (TPSA) is 82.1 Å². The van der Waals surface area contributed by atoms with E-state index in [1.54, 1.807) is 0 Å². The van der Waals surface area contributed by atoms with E-state index in [9.17, 15) is 14.7 Å². The van der Waals surface area contributed by atoms with Gasteiger partial charge < -0.3 is 19.3 Å². The van der Waals surface area contributed by atoms with Gasteiger partial charge in [-0.15, -0.1) is 0 Å². The van der Waals surface area contributed by atoms with Crippen LogP contribution in [0.4, 0.5) is 0 Å². The summed E-state index contributed by atoms with van der Waals surface area (Å²) in [6.07, 6.45) is 7.99. The van der Waals surface area contributed by atoms with Crippen molar-refractivity contribution in [3.63, 3.8) is 0 Å². The maximum atomic E-state index is 12.8. The molecule has 4 atom stereocenters. The van der Waals surface area contributed by atoms with Crippen LogP contribution >= 0.6 is 0 Å². The van der Waals surface area contributed by atoms with Gasteiger partial charge in [0.25, 0.3) is 0 Å². The van der Waals surface area contributed by atoms with Crippen molar-refractivity contribution in [3.8, 4) is 0 Å². The second-order valence-electron chi connectivity index (χ2n) is 8.84. The summed E-state index contributed by atoms with van der Waals surface area (Å²) in [5.74, 6) is -0.766. The maximum Gasteiger partial charge on any atom is 0.303 e. The molecule has 1 rings (SSSR count). The molecule has 0 aliphatic heterocycles. The summed E-state index contributed by atoms with van der Waals surface area (Å²) >= 11 is 0. The number of ether oxygens (including phenoxy) is 3. The predicted octanol–water partition coefficient (Wildman–Crippen LogP) is 5.04. The highest BCUT2D eigenvalue weighted by Gasteiger charge is 2.44. The molecule has 0 aromatic carbocycles. The first-order valence-electron chi connectivity index (χ1n) is 11.2. The Hall–Kier alpha value is -2.34. The van der Waals surface area contributed by atoms with Crippen LogP contribution in [0.3, 0.4) is 0 Å². The lowest BCUT2D eigenvalue weighted by Crippen LogP contribution is -2.42. The highest BCUT2D eigenvalue weighted by atomic mass is 16.6. The number of hydrogen-bond acceptors (Lipinski definition) is 6. The highest BCUT2D eigenvalue weighted by Crippen LogP contribution is 2.37. The lowest BCUT2D eigenvalue weighted by Gasteiger charge is -2.35. The predicted molar refractivity (Wildman–Crippen MR) is 126 cm³/mol. The number of carbonyl (C=O) groups excluding carboxylic acids is 2. The number of methoxy groups -OCH3 is 2. The Morgan fingerprint density at radius 2 is 1.72 bits per heavy atom. The number of aliphatic hydroxyl groups excluding tert-OH is 1. The van der Waals surface area contributed by atoms with Crippen LogP contribution in [0.1, 0.15) is 67.2 Å². The van der Waals surface area contributed by atoms with E-state index >= 15 is 0 Å². The number of hydrogen-bond donors (Lipinski definition) is 1. The van der Waals surface area contributed by atoms with Gasteiger partial charge in [0.05, 0.1) is 20.3 Å². The van der Waals surface area contributed by atoms with Crippen molar-refractivity contribution in [1.82, 2.24) is 0 Å². The molecule has 0 saturated heterocycles. The molecule has 0 fully saturated rings. The van der Waals surface area contributed by atoms with Crippen molar-refractivity contribution in [2.75, 3.05) is 14.2 Å². The summed E-state index contributed by atoms with van der Waals surface area (Å²) < 4.78 is 16.2. The first-order chi connectivity index (χ1) is 15.0. The molecule has 0 radical (unpaired) electrons. The summed E-state index contributed by atoms with van der Waals surface area (Å²) in [4.78, 5) is 24.5. The molecule has 6 heteroatoms. The SMILES string of the molecule is COC1=C(OC)[C@H](OC(C)=O)[C@H](C/C=C(\C)CC/C=C(\C)C[C@H](O)C=C(C)C)[C@@H](C)C1=O. The second-order valence-corrected chi connectivity index (χ2v) is 8.84. The molecule has 180 valence electrons. The molecule has 32 heavy (non-hydrogen) atoms. The fourth-order valence-corrected chi connectivity index (χ4v) is 4.01. The van der Waals surface area contributed by atoms with Crippen LogP contribution in [0.5, 0.6) is 0 Å². The first kappa shape index (κ1) is 27.7. The molecule has 0 aromatic rings. The van der Waals surface area contributed by atoms with Gasteiger partial charge in [-0.1, -0.05) is 41.9 Å². The zero-order valence-corrected chi connectivity index (χ0v) is 20.9. The van der Waals surface area contributed by atoms with Gasteiger partial charge in [-0.25, -0.2) is 0 Å². The summed E-state index contributed by atoms with van der Waals surface area (Å²) in [6, 6.07) is 0. The number of rotatable bonds is 11. The van der Waals surface area contributed by atoms with Crippen molar-refractivity contribution in [1.29, 1.82) is 0 Å². The fourth-order valence-electron chi connectivity index (χ4n) is 4.01. The third-order valence-electron chi connectivity index (χ3n) is 5.69. The standard InChI is InChI=1S/C26H40O6/c1-16(2)14-21(28)15-18(4)11-9-10-17(3)12-13-22-19(5)23(29)25(30-7)26(31-8)24(22)32-20(6)27/h11-12,14,19,21-22,24,28H,9-10,13,15H2,1-8H3/b17-12+,18-11+/t19-,21-,22-,24-/m1/s1. The minimum Gasteiger partial charge on any atom is -0.493 e. The van der Waals surface area contributed by atoms with Gasteiger partial charge in [0.15, 0.2) is 11.9 Å². The zero-order chi connectivity index (χ0) is 24.4. The molecule has 0 aromatic heterocycles. The van der Waals surface area contributed by atoms with Gasteiger partial charge in [-0.3, -0.25) is 9.59 Å². The number of esters is 1. The van der Waals surface area contributed by atoms with Gasteiger partial charge >= 0.3 is 5.97 Å². The summed E-state index contributed by atoms with van der Waals surface area (Å²) in [5.41, 5.74) is 3.46. The number of allylic oxidation sites excluding steroid dienone is 5. The smallest absolute Gasteiger partial charge is 0.303 e. The Balaban J connectivity index is 2.86. The van der Waals surface area contributed by atoms with Crippen molar-refractivity contribution < 1.29 is 28.9 Å². The quantitative estimate of drug-likeness (QED) is 0.352. The van der Waals surface area contributed by atoms with E-state index in [0.717, 1.165) is 24.0 Å². The normalized spacial score (nSPS) is 23.0. The van der Waals surface area contributed by atoms with E-state index < -0.39 is 18.2 Å². The van der Waals surface area contributed by atoms with E-state index in [-0.39, 0.29) is 29.1 Å². The molecule has 6 nitrogen and oxygen atoms in total. The minimum absolute atomic E-state index is 0.124. The average molecular weight is 449 g/mol. The lowest BCUT2D eigenvalue weighted by atomic mass is 9.77. The Labute approximate surface area is 193 Å². The highest BCUT2D eigenvalue weighted by molar-refractivity contribution is 5.97. The zero-order valence-electron chi connectivity index (χ0n) is 20.9.